The van der Waals surface area contributed by atoms with Gasteiger partial charge in [-0.3, -0.25) is 14.6 Å². The van der Waals surface area contributed by atoms with Gasteiger partial charge in [0.2, 0.25) is 0 Å². The quantitative estimate of drug-likeness (QED) is 0.396. The number of hydrogen-bond donors (Lipinski definition) is 2. The summed E-state index contributed by atoms with van der Waals surface area (Å²) in [7, 11) is 0. The molecule has 0 bridgehead atoms. The van der Waals surface area contributed by atoms with E-state index in [1.807, 2.05) is 24.3 Å². The van der Waals surface area contributed by atoms with E-state index in [2.05, 4.69) is 9.97 Å². The Morgan fingerprint density at radius 3 is 2.77 bits per heavy atom. The molecule has 7 nitrogen and oxygen atoms in total. The molecule has 30 heavy (non-hydrogen) atoms. The predicted octanol–water partition coefficient (Wildman–Crippen LogP) is 3.16. The molecule has 2 fully saturated rings. The molecule has 2 aromatic heterocycles. The SMILES string of the molecule is O=C1C(=O)N(CC2CCCO2)C(c2ccncc2)/C1=C(/O)c1c[nH]c2ccccc12. The molecule has 0 saturated carbocycles. The number of Topliss-reactive ketones (excluding diaryl/α,β-unsaturated/α-hetero) is 1. The highest BCUT2D eigenvalue weighted by Gasteiger charge is 2.47. The van der Waals surface area contributed by atoms with Crippen LogP contribution >= 0.6 is 0 Å². The Kier molecular flexibility index (Phi) is 4.59. The van der Waals surface area contributed by atoms with Gasteiger partial charge in [-0.2, -0.15) is 0 Å². The molecule has 2 saturated heterocycles. The minimum absolute atomic E-state index is 0.0916. The van der Waals surface area contributed by atoms with Gasteiger partial charge in [0.15, 0.2) is 0 Å². The van der Waals surface area contributed by atoms with Crippen LogP contribution in [0, 0.1) is 0 Å². The summed E-state index contributed by atoms with van der Waals surface area (Å²) >= 11 is 0. The molecule has 1 aromatic carbocycles. The fraction of sp³-hybridized carbons (Fsp3) is 0.261. The van der Waals surface area contributed by atoms with Crippen LogP contribution in [0.2, 0.25) is 0 Å². The van der Waals surface area contributed by atoms with Gasteiger partial charge in [-0.1, -0.05) is 18.2 Å². The van der Waals surface area contributed by atoms with E-state index in [0.29, 0.717) is 18.7 Å². The van der Waals surface area contributed by atoms with E-state index in [1.54, 1.807) is 30.7 Å². The number of ketones is 1. The third-order valence-electron chi connectivity index (χ3n) is 5.83. The van der Waals surface area contributed by atoms with Crippen molar-refractivity contribution in [2.75, 3.05) is 13.2 Å². The molecule has 2 atom stereocenters. The lowest BCUT2D eigenvalue weighted by Crippen LogP contribution is -2.36. The number of para-hydroxylation sites is 1. The van der Waals surface area contributed by atoms with Crippen molar-refractivity contribution in [3.05, 3.63) is 71.7 Å². The Labute approximate surface area is 173 Å². The number of carbonyl (C=O) groups excluding carboxylic acids is 2. The third-order valence-corrected chi connectivity index (χ3v) is 5.83. The van der Waals surface area contributed by atoms with Gasteiger partial charge in [-0.05, 0) is 36.6 Å². The van der Waals surface area contributed by atoms with E-state index in [9.17, 15) is 14.7 Å². The standard InChI is InChI=1S/C23H21N3O4/c27-21(17-12-25-18-6-2-1-5-16(17)18)19-20(14-7-9-24-10-8-14)26(23(29)22(19)28)13-15-4-3-11-30-15/h1-2,5-10,12,15,20,25,27H,3-4,11,13H2/b21-19-. The molecule has 2 unspecified atom stereocenters. The predicted molar refractivity (Wildman–Crippen MR) is 111 cm³/mol. The molecule has 0 spiro atoms. The van der Waals surface area contributed by atoms with Gasteiger partial charge in [0, 0.05) is 48.2 Å². The number of hydrogen-bond acceptors (Lipinski definition) is 5. The first kappa shape index (κ1) is 18.6. The average molecular weight is 403 g/mol. The van der Waals surface area contributed by atoms with Crippen LogP contribution in [0.15, 0.2) is 60.6 Å². The number of aliphatic hydroxyl groups is 1. The van der Waals surface area contributed by atoms with Gasteiger partial charge in [-0.25, -0.2) is 0 Å². The van der Waals surface area contributed by atoms with Crippen LogP contribution in [-0.2, 0) is 14.3 Å². The molecule has 3 aromatic rings. The molecule has 0 radical (unpaired) electrons. The van der Waals surface area contributed by atoms with E-state index in [-0.39, 0.29) is 17.4 Å². The third kappa shape index (κ3) is 2.98. The number of nitrogens with one attached hydrogen (secondary N) is 1. The second-order valence-electron chi connectivity index (χ2n) is 7.61. The van der Waals surface area contributed by atoms with E-state index >= 15 is 0 Å². The van der Waals surface area contributed by atoms with Crippen molar-refractivity contribution >= 4 is 28.4 Å². The first-order valence-corrected chi connectivity index (χ1v) is 10.0. The topological polar surface area (TPSA) is 95.5 Å². The van der Waals surface area contributed by atoms with Crippen LogP contribution in [0.25, 0.3) is 16.7 Å². The Morgan fingerprint density at radius 1 is 1.20 bits per heavy atom. The van der Waals surface area contributed by atoms with Gasteiger partial charge in [0.05, 0.1) is 17.7 Å². The summed E-state index contributed by atoms with van der Waals surface area (Å²) < 4.78 is 5.71. The summed E-state index contributed by atoms with van der Waals surface area (Å²) in [5, 5.41) is 12.0. The van der Waals surface area contributed by atoms with Gasteiger partial charge >= 0.3 is 0 Å². The zero-order chi connectivity index (χ0) is 20.7. The Bertz CT molecular complexity index is 1150. The molecule has 1 amide bonds. The van der Waals surface area contributed by atoms with Crippen LogP contribution in [0.3, 0.4) is 0 Å². The molecule has 2 aliphatic heterocycles. The lowest BCUT2D eigenvalue weighted by molar-refractivity contribution is -0.140. The average Bonchev–Trinajstić information content (AvgIpc) is 3.49. The normalized spacial score (nSPS) is 23.5. The number of carbonyl (C=O) groups is 2. The van der Waals surface area contributed by atoms with Crippen LogP contribution in [-0.4, -0.2) is 50.9 Å². The van der Waals surface area contributed by atoms with Gasteiger partial charge in [0.1, 0.15) is 5.76 Å². The summed E-state index contributed by atoms with van der Waals surface area (Å²) in [6.07, 6.45) is 6.57. The smallest absolute Gasteiger partial charge is 0.295 e. The molecule has 2 N–H and O–H groups in total. The van der Waals surface area contributed by atoms with Crippen molar-refractivity contribution in [3.63, 3.8) is 0 Å². The molecule has 4 heterocycles. The van der Waals surface area contributed by atoms with E-state index in [4.69, 9.17) is 4.74 Å². The molecular weight excluding hydrogens is 382 g/mol. The highest BCUT2D eigenvalue weighted by atomic mass is 16.5. The Hall–Kier alpha value is -3.45. The number of amides is 1. The summed E-state index contributed by atoms with van der Waals surface area (Å²) in [4.78, 5) is 34.7. The second-order valence-corrected chi connectivity index (χ2v) is 7.61. The number of benzene rings is 1. The number of rotatable bonds is 4. The first-order valence-electron chi connectivity index (χ1n) is 10.0. The highest BCUT2D eigenvalue weighted by Crippen LogP contribution is 2.40. The van der Waals surface area contributed by atoms with Gasteiger partial charge in [0.25, 0.3) is 11.7 Å². The van der Waals surface area contributed by atoms with Crippen LogP contribution in [0.1, 0.15) is 30.0 Å². The molecule has 7 heteroatoms. The maximum Gasteiger partial charge on any atom is 0.295 e. The second kappa shape index (κ2) is 7.42. The lowest BCUT2D eigenvalue weighted by Gasteiger charge is -2.27. The van der Waals surface area contributed by atoms with Gasteiger partial charge in [-0.15, -0.1) is 0 Å². The minimum atomic E-state index is -0.689. The van der Waals surface area contributed by atoms with Crippen LogP contribution in [0.4, 0.5) is 0 Å². The molecule has 2 aliphatic rings. The molecular formula is C23H21N3O4. The largest absolute Gasteiger partial charge is 0.507 e. The van der Waals surface area contributed by atoms with E-state index in [1.165, 1.54) is 4.90 Å². The monoisotopic (exact) mass is 403 g/mol. The minimum Gasteiger partial charge on any atom is -0.507 e. The summed E-state index contributed by atoms with van der Waals surface area (Å²) in [5.74, 6) is -1.48. The van der Waals surface area contributed by atoms with Crippen molar-refractivity contribution in [1.82, 2.24) is 14.9 Å². The maximum atomic E-state index is 13.1. The number of aromatic nitrogens is 2. The fourth-order valence-electron chi connectivity index (χ4n) is 4.38. The van der Waals surface area contributed by atoms with E-state index < -0.39 is 17.7 Å². The zero-order valence-corrected chi connectivity index (χ0v) is 16.2. The summed E-state index contributed by atoms with van der Waals surface area (Å²) in [5.41, 5.74) is 2.16. The van der Waals surface area contributed by atoms with E-state index in [0.717, 1.165) is 29.3 Å². The number of ether oxygens (including phenoxy) is 1. The zero-order valence-electron chi connectivity index (χ0n) is 16.2. The number of pyridine rings is 1. The number of aliphatic hydroxyl groups excluding tert-OH is 1. The maximum absolute atomic E-state index is 13.1. The highest BCUT2D eigenvalue weighted by molar-refractivity contribution is 6.46. The molecule has 5 rings (SSSR count). The Balaban J connectivity index is 1.65. The molecule has 0 aliphatic carbocycles. The number of fused-ring (bicyclic) bond motifs is 1. The lowest BCUT2D eigenvalue weighted by atomic mass is 9.95. The Morgan fingerprint density at radius 2 is 2.00 bits per heavy atom. The molecule has 152 valence electrons. The fourth-order valence-corrected chi connectivity index (χ4v) is 4.38. The van der Waals surface area contributed by atoms with Crippen LogP contribution in [0.5, 0.6) is 0 Å². The number of likely N-dealkylation sites (tertiary alicyclic amines) is 1. The number of nitrogens with zero attached hydrogens (tertiary/aromatic N) is 2. The van der Waals surface area contributed by atoms with Crippen molar-refractivity contribution in [2.45, 2.75) is 25.0 Å². The number of aromatic amines is 1. The number of H-pyrrole nitrogens is 1. The van der Waals surface area contributed by atoms with Crippen molar-refractivity contribution in [2.24, 2.45) is 0 Å². The van der Waals surface area contributed by atoms with Crippen molar-refractivity contribution in [1.29, 1.82) is 0 Å². The van der Waals surface area contributed by atoms with Gasteiger partial charge < -0.3 is 19.7 Å². The van der Waals surface area contributed by atoms with Crippen molar-refractivity contribution in [3.8, 4) is 0 Å². The summed E-state index contributed by atoms with van der Waals surface area (Å²) in [6, 6.07) is 10.4. The first-order chi connectivity index (χ1) is 14.6. The summed E-state index contributed by atoms with van der Waals surface area (Å²) in [6.45, 7) is 0.964. The van der Waals surface area contributed by atoms with Crippen molar-refractivity contribution < 1.29 is 19.4 Å². The van der Waals surface area contributed by atoms with Crippen LogP contribution < -0.4 is 0 Å².